The Morgan fingerprint density at radius 2 is 1.62 bits per heavy atom. The minimum Gasteiger partial charge on any atom is -0.378 e. The fourth-order valence-corrected chi connectivity index (χ4v) is 3.46. The highest BCUT2D eigenvalue weighted by molar-refractivity contribution is 7.87. The maximum Gasteiger partial charge on any atom is 0.339 e. The number of carbonyl (C=O) groups excluding carboxylic acids is 1. The molecule has 4 nitrogen and oxygen atoms in total. The van der Waals surface area contributed by atoms with Crippen molar-refractivity contribution < 1.29 is 17.4 Å². The van der Waals surface area contributed by atoms with Gasteiger partial charge >= 0.3 is 10.1 Å². The van der Waals surface area contributed by atoms with Crippen LogP contribution in [0, 0.1) is 6.92 Å². The minimum absolute atomic E-state index is 0.0428. The Bertz CT molecular complexity index is 1040. The van der Waals surface area contributed by atoms with Crippen LogP contribution in [0.4, 0.5) is 0 Å². The van der Waals surface area contributed by atoms with Gasteiger partial charge in [0.2, 0.25) is 0 Å². The van der Waals surface area contributed by atoms with Crippen LogP contribution in [-0.2, 0) is 10.1 Å². The van der Waals surface area contributed by atoms with Crippen molar-refractivity contribution in [2.75, 3.05) is 0 Å². The van der Waals surface area contributed by atoms with Crippen LogP contribution in [0.2, 0.25) is 0 Å². The summed E-state index contributed by atoms with van der Waals surface area (Å²) in [7, 11) is -4.03. The molecule has 24 heavy (non-hydrogen) atoms. The first-order valence-electron chi connectivity index (χ1n) is 7.42. The van der Waals surface area contributed by atoms with E-state index in [4.69, 9.17) is 4.18 Å². The molecule has 0 aromatic heterocycles. The van der Waals surface area contributed by atoms with Gasteiger partial charge in [-0.3, -0.25) is 4.79 Å². The average Bonchev–Trinajstić information content (AvgIpc) is 2.55. The Hall–Kier alpha value is -2.66. The number of hydrogen-bond donors (Lipinski definition) is 0. The fourth-order valence-electron chi connectivity index (χ4n) is 2.48. The number of aryl methyl sites for hydroxylation is 1. The molecule has 0 aliphatic rings. The molecule has 0 aliphatic heterocycles. The lowest BCUT2D eigenvalue weighted by Crippen LogP contribution is -2.12. The van der Waals surface area contributed by atoms with E-state index in [9.17, 15) is 13.2 Å². The van der Waals surface area contributed by atoms with E-state index >= 15 is 0 Å². The highest BCUT2D eigenvalue weighted by atomic mass is 32.2. The van der Waals surface area contributed by atoms with E-state index in [-0.39, 0.29) is 22.0 Å². The van der Waals surface area contributed by atoms with E-state index in [2.05, 4.69) is 0 Å². The molecule has 0 aliphatic carbocycles. The van der Waals surface area contributed by atoms with Crippen molar-refractivity contribution in [3.8, 4) is 5.75 Å². The Balaban J connectivity index is 2.03. The molecule has 0 N–H and O–H groups in total. The number of rotatable bonds is 4. The van der Waals surface area contributed by atoms with Crippen LogP contribution in [0.1, 0.15) is 22.8 Å². The maximum atomic E-state index is 12.6. The van der Waals surface area contributed by atoms with Crippen molar-refractivity contribution in [1.29, 1.82) is 0 Å². The maximum absolute atomic E-state index is 12.6. The number of ketones is 1. The summed E-state index contributed by atoms with van der Waals surface area (Å²) in [6, 6.07) is 17.1. The molecule has 3 rings (SSSR count). The molecule has 0 atom stereocenters. The van der Waals surface area contributed by atoms with E-state index in [0.717, 1.165) is 16.3 Å². The molecule has 0 amide bonds. The standard InChI is InChI=1S/C19H16O4S/c1-13-7-10-19(18(11-13)14(2)20)23-24(21,22)17-9-8-15-5-3-4-6-16(15)12-17/h3-12H,1-2H3. The fraction of sp³-hybridized carbons (Fsp3) is 0.105. The van der Waals surface area contributed by atoms with Crippen molar-refractivity contribution in [3.63, 3.8) is 0 Å². The summed E-state index contributed by atoms with van der Waals surface area (Å²) in [6.45, 7) is 3.21. The summed E-state index contributed by atoms with van der Waals surface area (Å²) < 4.78 is 30.4. The number of hydrogen-bond acceptors (Lipinski definition) is 4. The highest BCUT2D eigenvalue weighted by Crippen LogP contribution is 2.26. The summed E-state index contributed by atoms with van der Waals surface area (Å²) in [5, 5.41) is 1.74. The zero-order valence-corrected chi connectivity index (χ0v) is 14.1. The van der Waals surface area contributed by atoms with Gasteiger partial charge in [0.1, 0.15) is 4.90 Å². The van der Waals surface area contributed by atoms with Crippen LogP contribution in [0.5, 0.6) is 5.75 Å². The molecule has 3 aromatic rings. The molecule has 0 bridgehead atoms. The van der Waals surface area contributed by atoms with E-state index < -0.39 is 10.1 Å². The topological polar surface area (TPSA) is 60.4 Å². The van der Waals surface area contributed by atoms with Crippen molar-refractivity contribution in [2.45, 2.75) is 18.7 Å². The Morgan fingerprint density at radius 3 is 2.33 bits per heavy atom. The third kappa shape index (κ3) is 3.16. The highest BCUT2D eigenvalue weighted by Gasteiger charge is 2.20. The first-order chi connectivity index (χ1) is 11.4. The molecule has 3 aromatic carbocycles. The number of carbonyl (C=O) groups is 1. The van der Waals surface area contributed by atoms with Gasteiger partial charge < -0.3 is 4.18 Å². The summed E-state index contributed by atoms with van der Waals surface area (Å²) in [4.78, 5) is 11.8. The van der Waals surface area contributed by atoms with Gasteiger partial charge in [0.15, 0.2) is 11.5 Å². The normalized spacial score (nSPS) is 11.4. The molecule has 122 valence electrons. The van der Waals surface area contributed by atoms with Gasteiger partial charge in [-0.15, -0.1) is 0 Å². The molecule has 0 fully saturated rings. The summed E-state index contributed by atoms with van der Waals surface area (Å²) in [5.74, 6) is -0.205. The van der Waals surface area contributed by atoms with Crippen LogP contribution in [0.25, 0.3) is 10.8 Å². The number of benzene rings is 3. The van der Waals surface area contributed by atoms with Crippen molar-refractivity contribution >= 4 is 26.7 Å². The third-order valence-corrected chi connectivity index (χ3v) is 4.95. The Labute approximate surface area is 140 Å². The second-order valence-electron chi connectivity index (χ2n) is 5.60. The SMILES string of the molecule is CC(=O)c1cc(C)ccc1OS(=O)(=O)c1ccc2ccccc2c1. The van der Waals surface area contributed by atoms with E-state index in [1.165, 1.54) is 19.1 Å². The van der Waals surface area contributed by atoms with Crippen LogP contribution in [0.15, 0.2) is 65.6 Å². The van der Waals surface area contributed by atoms with Crippen LogP contribution in [-0.4, -0.2) is 14.2 Å². The van der Waals surface area contributed by atoms with Crippen molar-refractivity contribution in [2.24, 2.45) is 0 Å². The second kappa shape index (κ2) is 6.09. The van der Waals surface area contributed by atoms with E-state index in [0.29, 0.717) is 0 Å². The first kappa shape index (κ1) is 16.2. The molecule has 5 heteroatoms. The zero-order valence-electron chi connectivity index (χ0n) is 13.3. The predicted molar refractivity (Wildman–Crippen MR) is 92.9 cm³/mol. The van der Waals surface area contributed by atoms with Gasteiger partial charge in [0.25, 0.3) is 0 Å². The van der Waals surface area contributed by atoms with Crippen LogP contribution < -0.4 is 4.18 Å². The summed E-state index contributed by atoms with van der Waals surface area (Å²) >= 11 is 0. The molecule has 0 spiro atoms. The summed E-state index contributed by atoms with van der Waals surface area (Å²) in [6.07, 6.45) is 0. The van der Waals surface area contributed by atoms with Gasteiger partial charge in [0, 0.05) is 0 Å². The van der Waals surface area contributed by atoms with Crippen LogP contribution >= 0.6 is 0 Å². The van der Waals surface area contributed by atoms with Crippen LogP contribution in [0.3, 0.4) is 0 Å². The second-order valence-corrected chi connectivity index (χ2v) is 7.15. The van der Waals surface area contributed by atoms with Crippen molar-refractivity contribution in [1.82, 2.24) is 0 Å². The molecule has 0 radical (unpaired) electrons. The molecular formula is C19H16O4S. The van der Waals surface area contributed by atoms with E-state index in [1.807, 2.05) is 31.2 Å². The smallest absolute Gasteiger partial charge is 0.339 e. The average molecular weight is 340 g/mol. The van der Waals surface area contributed by atoms with Gasteiger partial charge in [-0.1, -0.05) is 42.0 Å². The molecule has 0 saturated carbocycles. The molecule has 0 saturated heterocycles. The summed E-state index contributed by atoms with van der Waals surface area (Å²) in [5.41, 5.74) is 1.11. The number of fused-ring (bicyclic) bond motifs is 1. The molecule has 0 unspecified atom stereocenters. The lowest BCUT2D eigenvalue weighted by molar-refractivity contribution is 0.101. The monoisotopic (exact) mass is 340 g/mol. The van der Waals surface area contributed by atoms with Crippen molar-refractivity contribution in [3.05, 3.63) is 71.8 Å². The minimum atomic E-state index is -4.03. The van der Waals surface area contributed by atoms with Gasteiger partial charge in [-0.25, -0.2) is 0 Å². The third-order valence-electron chi connectivity index (χ3n) is 3.72. The van der Waals surface area contributed by atoms with E-state index in [1.54, 1.807) is 24.3 Å². The first-order valence-corrected chi connectivity index (χ1v) is 8.82. The molecule has 0 heterocycles. The van der Waals surface area contributed by atoms with Gasteiger partial charge in [-0.05, 0) is 48.9 Å². The van der Waals surface area contributed by atoms with Gasteiger partial charge in [-0.2, -0.15) is 8.42 Å². The number of Topliss-reactive ketones (excluding diaryl/α,β-unsaturated/α-hetero) is 1. The zero-order chi connectivity index (χ0) is 17.3. The largest absolute Gasteiger partial charge is 0.378 e. The predicted octanol–water partition coefficient (Wildman–Crippen LogP) is 4.12. The Morgan fingerprint density at radius 1 is 0.917 bits per heavy atom. The Kier molecular flexibility index (Phi) is 4.11. The lowest BCUT2D eigenvalue weighted by atomic mass is 10.1. The molecular weight excluding hydrogens is 324 g/mol. The van der Waals surface area contributed by atoms with Gasteiger partial charge in [0.05, 0.1) is 5.56 Å². The quantitative estimate of drug-likeness (QED) is 0.529. The lowest BCUT2D eigenvalue weighted by Gasteiger charge is -2.11.